The quantitative estimate of drug-likeness (QED) is 0.654. The SMILES string of the molecule is O=[n+]1c(COc2ccccc2)ccc(COc2ccccc2)n1[O-]. The van der Waals surface area contributed by atoms with E-state index in [2.05, 4.69) is 0 Å². The molecule has 0 aliphatic carbocycles. The van der Waals surface area contributed by atoms with E-state index in [0.29, 0.717) is 11.5 Å². The molecule has 0 bridgehead atoms. The molecular weight excluding hydrogens is 308 g/mol. The van der Waals surface area contributed by atoms with Gasteiger partial charge in [-0.25, -0.2) is 0 Å². The highest BCUT2D eigenvalue weighted by atomic mass is 16.5. The first kappa shape index (κ1) is 15.6. The third-order valence-electron chi connectivity index (χ3n) is 3.38. The van der Waals surface area contributed by atoms with Gasteiger partial charge in [0, 0.05) is 6.07 Å². The molecule has 3 aromatic rings. The average molecular weight is 324 g/mol. The van der Waals surface area contributed by atoms with Crippen molar-refractivity contribution in [2.45, 2.75) is 13.2 Å². The second-order valence-electron chi connectivity index (χ2n) is 5.07. The van der Waals surface area contributed by atoms with E-state index in [4.69, 9.17) is 9.47 Å². The molecule has 1 heterocycles. The van der Waals surface area contributed by atoms with Crippen LogP contribution in [0.4, 0.5) is 0 Å². The molecule has 0 saturated carbocycles. The van der Waals surface area contributed by atoms with Gasteiger partial charge in [0.15, 0.2) is 11.1 Å². The van der Waals surface area contributed by atoms with Crippen LogP contribution in [0.25, 0.3) is 0 Å². The van der Waals surface area contributed by atoms with Crippen LogP contribution in [0.3, 0.4) is 0 Å². The van der Waals surface area contributed by atoms with Crippen LogP contribution < -0.4 is 14.0 Å². The number of aromatic nitrogens is 2. The predicted molar refractivity (Wildman–Crippen MR) is 88.1 cm³/mol. The molecule has 6 nitrogen and oxygen atoms in total. The minimum atomic E-state index is 0.00950. The number of rotatable bonds is 6. The Kier molecular flexibility index (Phi) is 4.76. The van der Waals surface area contributed by atoms with E-state index in [1.807, 2.05) is 36.4 Å². The van der Waals surface area contributed by atoms with Crippen molar-refractivity contribution in [1.29, 1.82) is 0 Å². The van der Waals surface area contributed by atoms with Crippen LogP contribution in [0.2, 0.25) is 0 Å². The van der Waals surface area contributed by atoms with E-state index in [1.54, 1.807) is 36.4 Å². The standard InChI is InChI=1S/C18H16N2O4/c21-19-15(13-23-17-7-3-1-4-8-17)11-12-16(20(19)22)14-24-18-9-5-2-6-10-18/h1-12H,13-14H2. The molecule has 0 amide bonds. The number of hydrogen-bond acceptors (Lipinski definition) is 4. The molecule has 1 aromatic heterocycles. The van der Waals surface area contributed by atoms with E-state index in [0.717, 1.165) is 0 Å². The average Bonchev–Trinajstić information content (AvgIpc) is 2.64. The van der Waals surface area contributed by atoms with Gasteiger partial charge in [-0.15, -0.1) is 4.85 Å². The zero-order valence-corrected chi connectivity index (χ0v) is 12.9. The topological polar surface area (TPSA) is 69.4 Å². The van der Waals surface area contributed by atoms with Crippen LogP contribution in [0.15, 0.2) is 72.8 Å². The lowest BCUT2D eigenvalue weighted by atomic mass is 10.3. The van der Waals surface area contributed by atoms with Crippen LogP contribution in [0, 0.1) is 10.1 Å². The Morgan fingerprint density at radius 1 is 0.792 bits per heavy atom. The Labute approximate surface area is 138 Å². The second kappa shape index (κ2) is 7.32. The summed E-state index contributed by atoms with van der Waals surface area (Å²) in [5.41, 5.74) is 0.439. The molecule has 0 saturated heterocycles. The Morgan fingerprint density at radius 3 is 1.92 bits per heavy atom. The molecule has 0 spiro atoms. The van der Waals surface area contributed by atoms with E-state index in [9.17, 15) is 10.1 Å². The summed E-state index contributed by atoms with van der Waals surface area (Å²) in [5, 5.41) is 12.1. The normalized spacial score (nSPS) is 10.3. The highest BCUT2D eigenvalue weighted by Gasteiger charge is 2.14. The van der Waals surface area contributed by atoms with Gasteiger partial charge in [-0.1, -0.05) is 36.4 Å². The third kappa shape index (κ3) is 3.73. The maximum absolute atomic E-state index is 12.1. The molecule has 3 rings (SSSR count). The maximum atomic E-state index is 12.1. The highest BCUT2D eigenvalue weighted by molar-refractivity contribution is 5.22. The molecule has 0 radical (unpaired) electrons. The van der Waals surface area contributed by atoms with Gasteiger partial charge in [-0.05, 0) is 30.3 Å². The van der Waals surface area contributed by atoms with Gasteiger partial charge in [-0.2, -0.15) is 0 Å². The maximum Gasteiger partial charge on any atom is 0.306 e. The zero-order chi connectivity index (χ0) is 16.8. The highest BCUT2D eigenvalue weighted by Crippen LogP contribution is 2.12. The van der Waals surface area contributed by atoms with Crippen LogP contribution in [0.1, 0.15) is 11.4 Å². The number of nitrogens with zero attached hydrogens (tertiary/aromatic N) is 2. The molecule has 24 heavy (non-hydrogen) atoms. The van der Waals surface area contributed by atoms with Crippen molar-refractivity contribution < 1.29 is 14.0 Å². The van der Waals surface area contributed by atoms with Gasteiger partial charge in [0.05, 0.1) is 4.91 Å². The van der Waals surface area contributed by atoms with E-state index in [1.165, 1.54) is 0 Å². The van der Waals surface area contributed by atoms with Gasteiger partial charge in [-0.3, -0.25) is 0 Å². The minimum Gasteiger partial charge on any atom is -0.755 e. The lowest BCUT2D eigenvalue weighted by molar-refractivity contribution is -0.599. The fraction of sp³-hybridized carbons (Fsp3) is 0.111. The largest absolute Gasteiger partial charge is 0.755 e. The Balaban J connectivity index is 1.68. The Bertz CT molecular complexity index is 848. The molecular formula is C18H16N2O4. The number of hydrogen-bond donors (Lipinski definition) is 0. The summed E-state index contributed by atoms with van der Waals surface area (Å²) in [5.74, 6) is 1.26. The van der Waals surface area contributed by atoms with E-state index in [-0.39, 0.29) is 34.0 Å². The molecule has 0 unspecified atom stereocenters. The van der Waals surface area contributed by atoms with Crippen LogP contribution in [0.5, 0.6) is 11.5 Å². The predicted octanol–water partition coefficient (Wildman–Crippen LogP) is 2.91. The summed E-state index contributed by atoms with van der Waals surface area (Å²) in [6.07, 6.45) is 0. The molecule has 0 N–H and O–H groups in total. The monoisotopic (exact) mass is 324 g/mol. The smallest absolute Gasteiger partial charge is 0.306 e. The van der Waals surface area contributed by atoms with Gasteiger partial charge in [0.1, 0.15) is 23.8 Å². The Hall–Kier alpha value is -3.28. The number of para-hydroxylation sites is 2. The second-order valence-corrected chi connectivity index (χ2v) is 5.07. The van der Waals surface area contributed by atoms with Crippen LogP contribution >= 0.6 is 0 Å². The Morgan fingerprint density at radius 2 is 1.33 bits per heavy atom. The van der Waals surface area contributed by atoms with Crippen molar-refractivity contribution in [3.05, 3.63) is 94.3 Å². The van der Waals surface area contributed by atoms with Gasteiger partial charge in [0.2, 0.25) is 0 Å². The van der Waals surface area contributed by atoms with Gasteiger partial charge >= 0.3 is 5.69 Å². The van der Waals surface area contributed by atoms with Crippen molar-refractivity contribution >= 4 is 0 Å². The lowest BCUT2D eigenvalue weighted by Crippen LogP contribution is -2.35. The van der Waals surface area contributed by atoms with Crippen LogP contribution in [-0.4, -0.2) is 4.85 Å². The summed E-state index contributed by atoms with van der Waals surface area (Å²) in [4.78, 5) is 12.3. The first-order valence-electron chi connectivity index (χ1n) is 7.44. The zero-order valence-electron chi connectivity index (χ0n) is 12.9. The molecule has 2 aromatic carbocycles. The van der Waals surface area contributed by atoms with Crippen molar-refractivity contribution in [2.24, 2.45) is 0 Å². The third-order valence-corrected chi connectivity index (χ3v) is 3.38. The van der Waals surface area contributed by atoms with E-state index < -0.39 is 0 Å². The fourth-order valence-electron chi connectivity index (χ4n) is 2.11. The molecule has 0 aliphatic heterocycles. The summed E-state index contributed by atoms with van der Waals surface area (Å²) in [6, 6.07) is 21.3. The van der Waals surface area contributed by atoms with Gasteiger partial charge in [0.25, 0.3) is 0 Å². The summed E-state index contributed by atoms with van der Waals surface area (Å²) in [6.45, 7) is 0.0190. The molecule has 122 valence electrons. The molecule has 0 atom stereocenters. The number of ether oxygens (including phenoxy) is 2. The first-order valence-corrected chi connectivity index (χ1v) is 7.44. The summed E-state index contributed by atoms with van der Waals surface area (Å²) in [7, 11) is 0. The van der Waals surface area contributed by atoms with Crippen molar-refractivity contribution in [3.8, 4) is 11.5 Å². The fourth-order valence-corrected chi connectivity index (χ4v) is 2.11. The first-order chi connectivity index (χ1) is 11.7. The molecule has 6 heteroatoms. The molecule has 0 fully saturated rings. The summed E-state index contributed by atoms with van der Waals surface area (Å²) >= 11 is 0. The van der Waals surface area contributed by atoms with E-state index >= 15 is 0 Å². The number of benzene rings is 2. The van der Waals surface area contributed by atoms with Crippen molar-refractivity contribution in [3.63, 3.8) is 0 Å². The van der Waals surface area contributed by atoms with Crippen molar-refractivity contribution in [1.82, 2.24) is 4.85 Å². The van der Waals surface area contributed by atoms with Gasteiger partial charge < -0.3 is 14.7 Å². The summed E-state index contributed by atoms with van der Waals surface area (Å²) < 4.78 is 11.3. The lowest BCUT2D eigenvalue weighted by Gasteiger charge is -2.11. The van der Waals surface area contributed by atoms with Crippen molar-refractivity contribution in [2.75, 3.05) is 0 Å². The minimum absolute atomic E-state index is 0.00950. The van der Waals surface area contributed by atoms with Crippen LogP contribution in [-0.2, 0) is 13.2 Å². The molecule has 0 aliphatic rings.